The number of carbonyl (C=O) groups excluding carboxylic acids is 1. The van der Waals surface area contributed by atoms with Gasteiger partial charge in [-0.05, 0) is 18.7 Å². The molecule has 1 heterocycles. The first kappa shape index (κ1) is 12.1. The Morgan fingerprint density at radius 3 is 2.47 bits per heavy atom. The number of hydrogen-bond acceptors (Lipinski definition) is 3. The van der Waals surface area contributed by atoms with Crippen LogP contribution in [0.5, 0.6) is 0 Å². The van der Waals surface area contributed by atoms with Gasteiger partial charge in [-0.2, -0.15) is 0 Å². The lowest BCUT2D eigenvalue weighted by Crippen LogP contribution is -2.44. The predicted molar refractivity (Wildman–Crippen MR) is 70.6 cm³/mol. The molecule has 1 unspecified atom stereocenters. The number of para-hydroxylation sites is 1. The molecule has 92 valence electrons. The molecular formula is C14H20N2O. The van der Waals surface area contributed by atoms with E-state index >= 15 is 0 Å². The molecule has 17 heavy (non-hydrogen) atoms. The van der Waals surface area contributed by atoms with Gasteiger partial charge in [0.25, 0.3) is 0 Å². The second kappa shape index (κ2) is 5.32. The van der Waals surface area contributed by atoms with E-state index in [2.05, 4.69) is 35.0 Å². The second-order valence-corrected chi connectivity index (χ2v) is 4.77. The first-order valence-electron chi connectivity index (χ1n) is 6.20. The number of benzene rings is 1. The van der Waals surface area contributed by atoms with Gasteiger partial charge in [-0.3, -0.25) is 0 Å². The van der Waals surface area contributed by atoms with Gasteiger partial charge in [0.15, 0.2) is 0 Å². The molecule has 2 rings (SSSR count). The second-order valence-electron chi connectivity index (χ2n) is 4.77. The standard InChI is InChI=1S/C14H20N2O/c1-12(11-17)13-5-3-4-6-14(13)16-9-7-15(2)8-10-16/h3-6,11-12H,7-10H2,1-2H3. The molecule has 1 aromatic carbocycles. The number of rotatable bonds is 3. The van der Waals surface area contributed by atoms with Crippen LogP contribution in [-0.4, -0.2) is 44.4 Å². The summed E-state index contributed by atoms with van der Waals surface area (Å²) in [5.41, 5.74) is 2.37. The van der Waals surface area contributed by atoms with Crippen molar-refractivity contribution in [1.82, 2.24) is 4.90 Å². The maximum atomic E-state index is 11.0. The van der Waals surface area contributed by atoms with E-state index in [0.29, 0.717) is 0 Å². The van der Waals surface area contributed by atoms with Crippen molar-refractivity contribution in [2.75, 3.05) is 38.1 Å². The lowest BCUT2D eigenvalue weighted by atomic mass is 9.99. The van der Waals surface area contributed by atoms with Crippen molar-refractivity contribution in [3.63, 3.8) is 0 Å². The van der Waals surface area contributed by atoms with E-state index in [0.717, 1.165) is 38.0 Å². The van der Waals surface area contributed by atoms with Crippen LogP contribution in [0, 0.1) is 0 Å². The zero-order valence-corrected chi connectivity index (χ0v) is 10.6. The minimum absolute atomic E-state index is 0.0224. The summed E-state index contributed by atoms with van der Waals surface area (Å²) in [6.07, 6.45) is 1.02. The maximum absolute atomic E-state index is 11.0. The first-order valence-corrected chi connectivity index (χ1v) is 6.20. The van der Waals surface area contributed by atoms with Gasteiger partial charge >= 0.3 is 0 Å². The summed E-state index contributed by atoms with van der Waals surface area (Å²) in [7, 11) is 2.15. The Balaban J connectivity index is 2.22. The molecule has 3 heteroatoms. The van der Waals surface area contributed by atoms with E-state index in [-0.39, 0.29) is 5.92 Å². The molecule has 1 saturated heterocycles. The molecule has 0 N–H and O–H groups in total. The molecule has 3 nitrogen and oxygen atoms in total. The SMILES string of the molecule is CC(C=O)c1ccccc1N1CCN(C)CC1. The van der Waals surface area contributed by atoms with Gasteiger partial charge in [-0.1, -0.05) is 25.1 Å². The summed E-state index contributed by atoms with van der Waals surface area (Å²) in [5, 5.41) is 0. The highest BCUT2D eigenvalue weighted by atomic mass is 16.1. The number of piperazine rings is 1. The molecule has 1 aliphatic heterocycles. The van der Waals surface area contributed by atoms with E-state index < -0.39 is 0 Å². The van der Waals surface area contributed by atoms with Crippen LogP contribution in [-0.2, 0) is 4.79 Å². The zero-order valence-electron chi connectivity index (χ0n) is 10.6. The Hall–Kier alpha value is -1.35. The number of hydrogen-bond donors (Lipinski definition) is 0. The summed E-state index contributed by atoms with van der Waals surface area (Å²) < 4.78 is 0. The van der Waals surface area contributed by atoms with Crippen molar-refractivity contribution in [3.05, 3.63) is 29.8 Å². The van der Waals surface area contributed by atoms with Crippen molar-refractivity contribution in [2.24, 2.45) is 0 Å². The summed E-state index contributed by atoms with van der Waals surface area (Å²) in [4.78, 5) is 15.7. The Labute approximate surface area is 103 Å². The molecule has 0 radical (unpaired) electrons. The Morgan fingerprint density at radius 2 is 1.82 bits per heavy atom. The van der Waals surface area contributed by atoms with Crippen LogP contribution in [0.4, 0.5) is 5.69 Å². The zero-order chi connectivity index (χ0) is 12.3. The fourth-order valence-electron chi connectivity index (χ4n) is 2.28. The molecule has 1 atom stereocenters. The van der Waals surface area contributed by atoms with Crippen LogP contribution in [0.15, 0.2) is 24.3 Å². The third-order valence-corrected chi connectivity index (χ3v) is 3.48. The molecule has 0 saturated carbocycles. The first-order chi connectivity index (χ1) is 8.22. The topological polar surface area (TPSA) is 23.6 Å². The van der Waals surface area contributed by atoms with Crippen molar-refractivity contribution in [1.29, 1.82) is 0 Å². The van der Waals surface area contributed by atoms with Gasteiger partial charge in [-0.25, -0.2) is 0 Å². The fraction of sp³-hybridized carbons (Fsp3) is 0.500. The van der Waals surface area contributed by atoms with E-state index in [9.17, 15) is 4.79 Å². The average molecular weight is 232 g/mol. The summed E-state index contributed by atoms with van der Waals surface area (Å²) in [5.74, 6) is -0.0224. The van der Waals surface area contributed by atoms with Crippen molar-refractivity contribution in [3.8, 4) is 0 Å². The predicted octanol–water partition coefficient (Wildman–Crippen LogP) is 1.74. The van der Waals surface area contributed by atoms with Gasteiger partial charge in [-0.15, -0.1) is 0 Å². The Bertz CT molecular complexity index is 384. The number of nitrogens with zero attached hydrogens (tertiary/aromatic N) is 2. The molecule has 1 fully saturated rings. The molecule has 0 aromatic heterocycles. The lowest BCUT2D eigenvalue weighted by molar-refractivity contribution is -0.108. The molecule has 0 spiro atoms. The highest BCUT2D eigenvalue weighted by molar-refractivity contribution is 5.68. The monoisotopic (exact) mass is 232 g/mol. The number of aldehydes is 1. The van der Waals surface area contributed by atoms with E-state index in [4.69, 9.17) is 0 Å². The van der Waals surface area contributed by atoms with Crippen LogP contribution < -0.4 is 4.90 Å². The van der Waals surface area contributed by atoms with Crippen LogP contribution in [0.1, 0.15) is 18.4 Å². The highest BCUT2D eigenvalue weighted by Crippen LogP contribution is 2.27. The van der Waals surface area contributed by atoms with Gasteiger partial charge in [0.2, 0.25) is 0 Å². The number of carbonyl (C=O) groups is 1. The highest BCUT2D eigenvalue weighted by Gasteiger charge is 2.18. The number of likely N-dealkylation sites (N-methyl/N-ethyl adjacent to an activating group) is 1. The lowest BCUT2D eigenvalue weighted by Gasteiger charge is -2.35. The van der Waals surface area contributed by atoms with Gasteiger partial charge < -0.3 is 14.6 Å². The van der Waals surface area contributed by atoms with E-state index in [1.54, 1.807) is 0 Å². The van der Waals surface area contributed by atoms with E-state index in [1.807, 2.05) is 13.0 Å². The number of anilines is 1. The largest absolute Gasteiger partial charge is 0.369 e. The van der Waals surface area contributed by atoms with Crippen LogP contribution in [0.3, 0.4) is 0 Å². The third-order valence-electron chi connectivity index (χ3n) is 3.48. The van der Waals surface area contributed by atoms with Crippen LogP contribution in [0.2, 0.25) is 0 Å². The molecule has 1 aromatic rings. The molecule has 0 aliphatic carbocycles. The Kier molecular flexibility index (Phi) is 3.79. The average Bonchev–Trinajstić information content (AvgIpc) is 2.39. The van der Waals surface area contributed by atoms with Gasteiger partial charge in [0, 0.05) is 37.8 Å². The minimum Gasteiger partial charge on any atom is -0.369 e. The smallest absolute Gasteiger partial charge is 0.127 e. The summed E-state index contributed by atoms with van der Waals surface area (Å²) >= 11 is 0. The normalized spacial score (nSPS) is 19.1. The quantitative estimate of drug-likeness (QED) is 0.742. The van der Waals surface area contributed by atoms with Crippen molar-refractivity contribution in [2.45, 2.75) is 12.8 Å². The maximum Gasteiger partial charge on any atom is 0.127 e. The van der Waals surface area contributed by atoms with Crippen LogP contribution in [0.25, 0.3) is 0 Å². The Morgan fingerprint density at radius 1 is 1.18 bits per heavy atom. The molecule has 0 amide bonds. The van der Waals surface area contributed by atoms with Gasteiger partial charge in [0.05, 0.1) is 0 Å². The summed E-state index contributed by atoms with van der Waals surface area (Å²) in [6.45, 7) is 6.22. The van der Waals surface area contributed by atoms with Crippen molar-refractivity contribution < 1.29 is 4.79 Å². The van der Waals surface area contributed by atoms with Gasteiger partial charge in [0.1, 0.15) is 6.29 Å². The van der Waals surface area contributed by atoms with Crippen molar-refractivity contribution >= 4 is 12.0 Å². The third kappa shape index (κ3) is 2.67. The molecular weight excluding hydrogens is 212 g/mol. The fourth-order valence-corrected chi connectivity index (χ4v) is 2.28. The molecule has 0 bridgehead atoms. The minimum atomic E-state index is -0.0224. The van der Waals surface area contributed by atoms with Crippen LogP contribution >= 0.6 is 0 Å². The molecule has 1 aliphatic rings. The van der Waals surface area contributed by atoms with E-state index in [1.165, 1.54) is 5.69 Å². The summed E-state index contributed by atoms with van der Waals surface area (Å²) in [6, 6.07) is 8.25.